The van der Waals surface area contributed by atoms with E-state index < -0.39 is 5.97 Å². The molecule has 8 heteroatoms. The van der Waals surface area contributed by atoms with Crippen LogP contribution in [0.4, 0.5) is 10.7 Å². The smallest absolute Gasteiger partial charge is 0.339 e. The Kier molecular flexibility index (Phi) is 6.91. The maximum Gasteiger partial charge on any atom is 0.339 e. The van der Waals surface area contributed by atoms with Gasteiger partial charge in [-0.3, -0.25) is 9.59 Å². The molecular formula is C26H28N2O4S2. The first-order valence-electron chi connectivity index (χ1n) is 11.2. The van der Waals surface area contributed by atoms with E-state index in [0.717, 1.165) is 29.7 Å². The molecule has 0 saturated carbocycles. The number of para-hydroxylation sites is 1. The fourth-order valence-electron chi connectivity index (χ4n) is 4.29. The highest BCUT2D eigenvalue weighted by atomic mass is 32.1. The van der Waals surface area contributed by atoms with Gasteiger partial charge in [0.15, 0.2) is 0 Å². The van der Waals surface area contributed by atoms with Crippen molar-refractivity contribution in [2.75, 3.05) is 17.7 Å². The standard InChI is InChI=1S/C26H28N2O4S2/c1-26(2,3)15-11-12-17-20(14-15)34-24(28-22(29)19-10-7-13-33-19)21(17)23(30)27-18-9-6-5-8-16(18)25(31)32-4/h5-10,13,15H,11-12,14H2,1-4H3,(H,27,30)(H,28,29). The molecule has 0 aliphatic heterocycles. The van der Waals surface area contributed by atoms with Gasteiger partial charge in [-0.2, -0.15) is 0 Å². The zero-order valence-electron chi connectivity index (χ0n) is 19.7. The maximum atomic E-state index is 13.6. The monoisotopic (exact) mass is 496 g/mol. The lowest BCUT2D eigenvalue weighted by Gasteiger charge is -2.33. The van der Waals surface area contributed by atoms with Crippen molar-refractivity contribution in [3.8, 4) is 0 Å². The number of amides is 2. The number of rotatable bonds is 5. The molecule has 2 heterocycles. The van der Waals surface area contributed by atoms with Crippen LogP contribution >= 0.6 is 22.7 Å². The summed E-state index contributed by atoms with van der Waals surface area (Å²) in [7, 11) is 1.31. The van der Waals surface area contributed by atoms with E-state index in [9.17, 15) is 14.4 Å². The van der Waals surface area contributed by atoms with Gasteiger partial charge in [0.05, 0.1) is 28.8 Å². The largest absolute Gasteiger partial charge is 0.465 e. The second kappa shape index (κ2) is 9.72. The van der Waals surface area contributed by atoms with Crippen LogP contribution in [0.15, 0.2) is 41.8 Å². The minimum atomic E-state index is -0.525. The third-order valence-electron chi connectivity index (χ3n) is 6.27. The van der Waals surface area contributed by atoms with Gasteiger partial charge in [0.25, 0.3) is 11.8 Å². The number of hydrogen-bond acceptors (Lipinski definition) is 6. The summed E-state index contributed by atoms with van der Waals surface area (Å²) in [5.41, 5.74) is 2.28. The van der Waals surface area contributed by atoms with Crippen LogP contribution in [0.25, 0.3) is 0 Å². The summed E-state index contributed by atoms with van der Waals surface area (Å²) in [5, 5.41) is 8.26. The van der Waals surface area contributed by atoms with Gasteiger partial charge in [0, 0.05) is 4.88 Å². The lowest BCUT2D eigenvalue weighted by Crippen LogP contribution is -2.27. The predicted molar refractivity (Wildman–Crippen MR) is 137 cm³/mol. The number of anilines is 2. The minimum absolute atomic E-state index is 0.157. The summed E-state index contributed by atoms with van der Waals surface area (Å²) >= 11 is 2.84. The first-order valence-corrected chi connectivity index (χ1v) is 12.9. The maximum absolute atomic E-state index is 13.6. The van der Waals surface area contributed by atoms with Gasteiger partial charge in [0.1, 0.15) is 5.00 Å². The van der Waals surface area contributed by atoms with Gasteiger partial charge >= 0.3 is 5.97 Å². The van der Waals surface area contributed by atoms with Crippen molar-refractivity contribution < 1.29 is 19.1 Å². The van der Waals surface area contributed by atoms with Gasteiger partial charge in [-0.15, -0.1) is 22.7 Å². The van der Waals surface area contributed by atoms with Crippen molar-refractivity contribution in [3.05, 3.63) is 68.2 Å². The Morgan fingerprint density at radius 1 is 1.03 bits per heavy atom. The third kappa shape index (κ3) is 4.93. The van der Waals surface area contributed by atoms with Crippen molar-refractivity contribution in [1.82, 2.24) is 0 Å². The average molecular weight is 497 g/mol. The first kappa shape index (κ1) is 24.2. The lowest BCUT2D eigenvalue weighted by atomic mass is 9.72. The van der Waals surface area contributed by atoms with E-state index in [1.807, 2.05) is 11.4 Å². The van der Waals surface area contributed by atoms with Crippen molar-refractivity contribution in [3.63, 3.8) is 0 Å². The summed E-state index contributed by atoms with van der Waals surface area (Å²) in [6.07, 6.45) is 2.62. The van der Waals surface area contributed by atoms with E-state index in [-0.39, 0.29) is 22.8 Å². The van der Waals surface area contributed by atoms with Crippen LogP contribution in [-0.2, 0) is 17.6 Å². The molecule has 0 radical (unpaired) electrons. The molecule has 0 fully saturated rings. The number of hydrogen-bond donors (Lipinski definition) is 2. The third-order valence-corrected chi connectivity index (χ3v) is 8.31. The van der Waals surface area contributed by atoms with E-state index in [1.165, 1.54) is 29.8 Å². The number of carbonyl (C=O) groups is 3. The van der Waals surface area contributed by atoms with Crippen LogP contribution in [0.1, 0.15) is 68.0 Å². The molecular weight excluding hydrogens is 468 g/mol. The Morgan fingerprint density at radius 2 is 1.79 bits per heavy atom. The van der Waals surface area contributed by atoms with E-state index in [1.54, 1.807) is 30.3 Å². The normalized spacial score (nSPS) is 15.4. The van der Waals surface area contributed by atoms with Crippen molar-refractivity contribution >= 4 is 51.1 Å². The van der Waals surface area contributed by atoms with Crippen molar-refractivity contribution in [2.45, 2.75) is 40.0 Å². The van der Waals surface area contributed by atoms with E-state index >= 15 is 0 Å². The Morgan fingerprint density at radius 3 is 2.47 bits per heavy atom. The molecule has 0 saturated heterocycles. The minimum Gasteiger partial charge on any atom is -0.465 e. The topological polar surface area (TPSA) is 84.5 Å². The Bertz CT molecular complexity index is 1220. The number of nitrogens with one attached hydrogen (secondary N) is 2. The number of thiophene rings is 2. The zero-order chi connectivity index (χ0) is 24.5. The number of ether oxygens (including phenoxy) is 1. The number of methoxy groups -OCH3 is 1. The highest BCUT2D eigenvalue weighted by molar-refractivity contribution is 7.17. The number of carbonyl (C=O) groups excluding carboxylic acids is 3. The predicted octanol–water partition coefficient (Wildman–Crippen LogP) is 6.25. The lowest BCUT2D eigenvalue weighted by molar-refractivity contribution is 0.0601. The molecule has 1 aromatic carbocycles. The van der Waals surface area contributed by atoms with Crippen molar-refractivity contribution in [1.29, 1.82) is 0 Å². The average Bonchev–Trinajstić information content (AvgIpc) is 3.45. The molecule has 4 rings (SSSR count). The molecule has 6 nitrogen and oxygen atoms in total. The molecule has 178 valence electrons. The number of esters is 1. The van der Waals surface area contributed by atoms with Crippen molar-refractivity contribution in [2.24, 2.45) is 11.3 Å². The van der Waals surface area contributed by atoms with Crippen LogP contribution in [0.5, 0.6) is 0 Å². The molecule has 2 amide bonds. The fourth-order valence-corrected chi connectivity index (χ4v) is 6.23. The molecule has 3 aromatic rings. The molecule has 1 aliphatic rings. The molecule has 1 atom stereocenters. The summed E-state index contributed by atoms with van der Waals surface area (Å²) < 4.78 is 4.86. The quantitative estimate of drug-likeness (QED) is 0.409. The van der Waals surface area contributed by atoms with Gasteiger partial charge in [-0.25, -0.2) is 4.79 Å². The first-order chi connectivity index (χ1) is 16.2. The molecule has 2 aromatic heterocycles. The molecule has 0 spiro atoms. The Labute approximate surface area is 207 Å². The van der Waals surface area contributed by atoms with Gasteiger partial charge in [-0.05, 0) is 59.7 Å². The van der Waals surface area contributed by atoms with Crippen LogP contribution < -0.4 is 10.6 Å². The summed E-state index contributed by atoms with van der Waals surface area (Å²) in [6, 6.07) is 10.3. The van der Waals surface area contributed by atoms with Gasteiger partial charge in [-0.1, -0.05) is 39.0 Å². The highest BCUT2D eigenvalue weighted by Crippen LogP contribution is 2.44. The van der Waals surface area contributed by atoms with Crippen LogP contribution in [0, 0.1) is 11.3 Å². The summed E-state index contributed by atoms with van der Waals surface area (Å²) in [5.74, 6) is -0.604. The van der Waals surface area contributed by atoms with Crippen LogP contribution in [0.2, 0.25) is 0 Å². The van der Waals surface area contributed by atoms with E-state index in [2.05, 4.69) is 31.4 Å². The highest BCUT2D eigenvalue weighted by Gasteiger charge is 2.34. The van der Waals surface area contributed by atoms with E-state index in [4.69, 9.17) is 4.74 Å². The fraction of sp³-hybridized carbons (Fsp3) is 0.346. The molecule has 1 unspecified atom stereocenters. The van der Waals surface area contributed by atoms with Gasteiger partial charge in [0.2, 0.25) is 0 Å². The Hall–Kier alpha value is -2.97. The van der Waals surface area contributed by atoms with Crippen LogP contribution in [0.3, 0.4) is 0 Å². The van der Waals surface area contributed by atoms with Crippen LogP contribution in [-0.4, -0.2) is 24.9 Å². The summed E-state index contributed by atoms with van der Waals surface area (Å²) in [6.45, 7) is 6.73. The molecule has 34 heavy (non-hydrogen) atoms. The molecule has 2 N–H and O–H groups in total. The zero-order valence-corrected chi connectivity index (χ0v) is 21.3. The second-order valence-corrected chi connectivity index (χ2v) is 11.5. The number of benzene rings is 1. The Balaban J connectivity index is 1.70. The second-order valence-electron chi connectivity index (χ2n) is 9.44. The van der Waals surface area contributed by atoms with E-state index in [0.29, 0.717) is 27.0 Å². The number of fused-ring (bicyclic) bond motifs is 1. The molecule has 0 bridgehead atoms. The SMILES string of the molecule is COC(=O)c1ccccc1NC(=O)c1c(NC(=O)c2cccs2)sc2c1CCC(C(C)(C)C)C2. The summed E-state index contributed by atoms with van der Waals surface area (Å²) in [4.78, 5) is 40.3. The molecule has 1 aliphatic carbocycles. The van der Waals surface area contributed by atoms with Gasteiger partial charge < -0.3 is 15.4 Å².